The summed E-state index contributed by atoms with van der Waals surface area (Å²) >= 11 is 3.77. The molecule has 2 nitrogen and oxygen atoms in total. The molecule has 2 aliphatic rings. The molecule has 2 aliphatic carbocycles. The lowest BCUT2D eigenvalue weighted by Crippen LogP contribution is -2.47. The van der Waals surface area contributed by atoms with Crippen LogP contribution in [0.15, 0.2) is 0 Å². The molecule has 3 heteroatoms. The predicted octanol–water partition coefficient (Wildman–Crippen LogP) is 4.17. The lowest BCUT2D eigenvalue weighted by molar-refractivity contribution is -0.131. The van der Waals surface area contributed by atoms with Gasteiger partial charge in [0, 0.05) is 16.3 Å². The molecule has 0 aromatic carbocycles. The van der Waals surface area contributed by atoms with Crippen LogP contribution in [-0.4, -0.2) is 16.8 Å². The van der Waals surface area contributed by atoms with Crippen molar-refractivity contribution in [3.05, 3.63) is 0 Å². The molecule has 2 unspecified atom stereocenters. The van der Waals surface area contributed by atoms with Crippen molar-refractivity contribution in [2.75, 3.05) is 0 Å². The van der Waals surface area contributed by atoms with E-state index in [0.29, 0.717) is 16.8 Å². The molecule has 0 radical (unpaired) electrons. The molecule has 2 atom stereocenters. The van der Waals surface area contributed by atoms with Gasteiger partial charge in [-0.3, -0.25) is 4.79 Å². The number of hydrogen-bond acceptors (Lipinski definition) is 1. The summed E-state index contributed by atoms with van der Waals surface area (Å²) in [5.41, 5.74) is -0.0426. The second-order valence-electron chi connectivity index (χ2n) is 6.07. The number of carbonyl (C=O) groups excluding carboxylic acids is 1. The third-order valence-corrected chi connectivity index (χ3v) is 6.06. The number of alkyl halides is 1. The van der Waals surface area contributed by atoms with Gasteiger partial charge in [0.2, 0.25) is 5.91 Å². The summed E-state index contributed by atoms with van der Waals surface area (Å²) in [5, 5.41) is 3.36. The van der Waals surface area contributed by atoms with Gasteiger partial charge in [0.1, 0.15) is 0 Å². The van der Waals surface area contributed by atoms with Gasteiger partial charge in [-0.25, -0.2) is 0 Å². The van der Waals surface area contributed by atoms with Crippen LogP contribution in [0.5, 0.6) is 0 Å². The van der Waals surface area contributed by atoms with Gasteiger partial charge in [0.05, 0.1) is 0 Å². The Labute approximate surface area is 119 Å². The molecule has 104 valence electrons. The Kier molecular flexibility index (Phi) is 5.11. The van der Waals surface area contributed by atoms with Crippen LogP contribution in [0, 0.1) is 5.41 Å². The van der Waals surface area contributed by atoms with Crippen LogP contribution < -0.4 is 5.32 Å². The maximum atomic E-state index is 12.6. The minimum absolute atomic E-state index is 0.0426. The zero-order chi connectivity index (χ0) is 13.0. The first-order chi connectivity index (χ1) is 8.68. The number of carbonyl (C=O) groups is 1. The van der Waals surface area contributed by atoms with E-state index < -0.39 is 0 Å². The second kappa shape index (κ2) is 6.40. The van der Waals surface area contributed by atoms with Crippen LogP contribution >= 0.6 is 15.9 Å². The fraction of sp³-hybridized carbons (Fsp3) is 0.933. The first-order valence-corrected chi connectivity index (χ1v) is 8.54. The second-order valence-corrected chi connectivity index (χ2v) is 7.25. The molecular weight excluding hydrogens is 290 g/mol. The lowest BCUT2D eigenvalue weighted by Gasteiger charge is -2.30. The van der Waals surface area contributed by atoms with E-state index in [-0.39, 0.29) is 5.41 Å². The van der Waals surface area contributed by atoms with Gasteiger partial charge in [0.15, 0.2) is 0 Å². The van der Waals surface area contributed by atoms with E-state index in [1.165, 1.54) is 38.5 Å². The molecular formula is C15H26BrNO. The topological polar surface area (TPSA) is 29.1 Å². The third-order valence-electron chi connectivity index (χ3n) is 4.97. The Morgan fingerprint density at radius 2 is 1.83 bits per heavy atom. The molecule has 0 aromatic heterocycles. The van der Waals surface area contributed by atoms with Crippen LogP contribution in [0.25, 0.3) is 0 Å². The highest BCUT2D eigenvalue weighted by Gasteiger charge is 2.40. The number of nitrogens with one attached hydrogen (secondary N) is 1. The summed E-state index contributed by atoms with van der Waals surface area (Å²) in [6.07, 6.45) is 11.8. The van der Waals surface area contributed by atoms with Gasteiger partial charge in [-0.15, -0.1) is 0 Å². The fourth-order valence-electron chi connectivity index (χ4n) is 3.54. The zero-order valence-electron chi connectivity index (χ0n) is 11.5. The molecule has 18 heavy (non-hydrogen) atoms. The quantitative estimate of drug-likeness (QED) is 0.614. The van der Waals surface area contributed by atoms with Gasteiger partial charge in [-0.2, -0.15) is 0 Å². The lowest BCUT2D eigenvalue weighted by atomic mass is 9.82. The maximum Gasteiger partial charge on any atom is 0.226 e. The Hall–Kier alpha value is -0.0500. The molecule has 0 saturated heterocycles. The Morgan fingerprint density at radius 3 is 2.50 bits per heavy atom. The van der Waals surface area contributed by atoms with Crippen molar-refractivity contribution in [3.8, 4) is 0 Å². The highest BCUT2D eigenvalue weighted by atomic mass is 79.9. The fourth-order valence-corrected chi connectivity index (χ4v) is 4.26. The van der Waals surface area contributed by atoms with E-state index in [1.807, 2.05) is 0 Å². The Morgan fingerprint density at radius 1 is 1.17 bits per heavy atom. The maximum absolute atomic E-state index is 12.6. The first kappa shape index (κ1) is 14.4. The molecule has 2 saturated carbocycles. The van der Waals surface area contributed by atoms with Gasteiger partial charge < -0.3 is 5.32 Å². The summed E-state index contributed by atoms with van der Waals surface area (Å²) in [5.74, 6) is 0.332. The predicted molar refractivity (Wildman–Crippen MR) is 78.9 cm³/mol. The minimum atomic E-state index is -0.0426. The van der Waals surface area contributed by atoms with E-state index >= 15 is 0 Å². The van der Waals surface area contributed by atoms with Gasteiger partial charge >= 0.3 is 0 Å². The van der Waals surface area contributed by atoms with Crippen LogP contribution in [0.1, 0.15) is 71.1 Å². The molecule has 1 amide bonds. The average Bonchev–Trinajstić information content (AvgIpc) is 2.78. The Bertz CT molecular complexity index is 286. The highest BCUT2D eigenvalue weighted by molar-refractivity contribution is 9.09. The van der Waals surface area contributed by atoms with Crippen molar-refractivity contribution < 1.29 is 4.79 Å². The molecule has 0 heterocycles. The number of hydrogen-bond donors (Lipinski definition) is 1. The SMILES string of the molecule is CCC1(C(=O)NC2CCCCCC2Br)CCCC1. The van der Waals surface area contributed by atoms with Crippen LogP contribution in [0.4, 0.5) is 0 Å². The van der Waals surface area contributed by atoms with Crippen molar-refractivity contribution >= 4 is 21.8 Å². The van der Waals surface area contributed by atoms with Crippen molar-refractivity contribution in [3.63, 3.8) is 0 Å². The molecule has 2 fully saturated rings. The van der Waals surface area contributed by atoms with E-state index in [0.717, 1.165) is 25.7 Å². The van der Waals surface area contributed by atoms with Crippen LogP contribution in [0.3, 0.4) is 0 Å². The van der Waals surface area contributed by atoms with Gasteiger partial charge in [-0.05, 0) is 32.1 Å². The van der Waals surface area contributed by atoms with Crippen LogP contribution in [-0.2, 0) is 4.79 Å². The molecule has 1 N–H and O–H groups in total. The summed E-state index contributed by atoms with van der Waals surface area (Å²) in [6, 6.07) is 0.351. The van der Waals surface area contributed by atoms with Crippen molar-refractivity contribution in [2.45, 2.75) is 82.0 Å². The molecule has 0 spiro atoms. The molecule has 0 aromatic rings. The summed E-state index contributed by atoms with van der Waals surface area (Å²) in [7, 11) is 0. The van der Waals surface area contributed by atoms with Gasteiger partial charge in [0.25, 0.3) is 0 Å². The van der Waals surface area contributed by atoms with Crippen molar-refractivity contribution in [1.82, 2.24) is 5.32 Å². The first-order valence-electron chi connectivity index (χ1n) is 7.63. The third kappa shape index (κ3) is 3.09. The summed E-state index contributed by atoms with van der Waals surface area (Å²) in [6.45, 7) is 2.17. The summed E-state index contributed by atoms with van der Waals surface area (Å²) in [4.78, 5) is 13.1. The molecule has 0 bridgehead atoms. The average molecular weight is 316 g/mol. The van der Waals surface area contributed by atoms with Crippen molar-refractivity contribution in [1.29, 1.82) is 0 Å². The van der Waals surface area contributed by atoms with Gasteiger partial charge in [-0.1, -0.05) is 55.0 Å². The normalized spacial score (nSPS) is 31.9. The standard InChI is InChI=1S/C15H26BrNO/c1-2-15(10-6-7-11-15)14(18)17-13-9-5-3-4-8-12(13)16/h12-13H,2-11H2,1H3,(H,17,18). The van der Waals surface area contributed by atoms with Crippen molar-refractivity contribution in [2.24, 2.45) is 5.41 Å². The largest absolute Gasteiger partial charge is 0.352 e. The monoisotopic (exact) mass is 315 g/mol. The van der Waals surface area contributed by atoms with Crippen LogP contribution in [0.2, 0.25) is 0 Å². The Balaban J connectivity index is 1.96. The molecule has 0 aliphatic heterocycles. The minimum Gasteiger partial charge on any atom is -0.352 e. The van der Waals surface area contributed by atoms with E-state index in [4.69, 9.17) is 0 Å². The van der Waals surface area contributed by atoms with E-state index in [1.54, 1.807) is 0 Å². The number of amides is 1. The molecule has 2 rings (SSSR count). The van der Waals surface area contributed by atoms with E-state index in [9.17, 15) is 4.79 Å². The summed E-state index contributed by atoms with van der Waals surface area (Å²) < 4.78 is 0. The smallest absolute Gasteiger partial charge is 0.226 e. The highest BCUT2D eigenvalue weighted by Crippen LogP contribution is 2.41. The number of halogens is 1. The van der Waals surface area contributed by atoms with E-state index in [2.05, 4.69) is 28.2 Å². The zero-order valence-corrected chi connectivity index (χ0v) is 13.1. The number of rotatable bonds is 3.